The predicted octanol–water partition coefficient (Wildman–Crippen LogP) is 1.76. The number of fused-ring (bicyclic) bond motifs is 1. The maximum Gasteiger partial charge on any atom is 0.129 e. The lowest BCUT2D eigenvalue weighted by Crippen LogP contribution is -2.51. The van der Waals surface area contributed by atoms with Gasteiger partial charge in [0.1, 0.15) is 17.7 Å². The van der Waals surface area contributed by atoms with Gasteiger partial charge in [-0.1, -0.05) is 0 Å². The third-order valence-corrected chi connectivity index (χ3v) is 5.91. The second-order valence-corrected chi connectivity index (χ2v) is 7.55. The normalized spacial score (nSPS) is 37.8. The van der Waals surface area contributed by atoms with Gasteiger partial charge in [-0.2, -0.15) is 0 Å². The molecule has 2 N–H and O–H groups in total. The van der Waals surface area contributed by atoms with Gasteiger partial charge < -0.3 is 15.4 Å². The highest BCUT2D eigenvalue weighted by Gasteiger charge is 2.45. The van der Waals surface area contributed by atoms with Gasteiger partial charge in [0.05, 0.1) is 6.61 Å². The number of likely N-dealkylation sites (tertiary alicyclic amines) is 2. The standard InChI is InChI=1S/C18H25F2N3O/c1-22-8-11-4-5-23(17(11)9-22)13-7-16(21)18(24-10-13)14-6-12(19)2-3-15(14)20/h2-3,6,11,13,16-18H,4-5,7-10,21H2,1H3. The minimum Gasteiger partial charge on any atom is -0.370 e. The molecule has 5 unspecified atom stereocenters. The van der Waals surface area contributed by atoms with Gasteiger partial charge in [0.25, 0.3) is 0 Å². The minimum absolute atomic E-state index is 0.237. The molecule has 3 saturated heterocycles. The summed E-state index contributed by atoms with van der Waals surface area (Å²) < 4.78 is 33.4. The topological polar surface area (TPSA) is 41.7 Å². The smallest absolute Gasteiger partial charge is 0.129 e. The van der Waals surface area contributed by atoms with Gasteiger partial charge in [-0.25, -0.2) is 8.78 Å². The number of likely N-dealkylation sites (N-methyl/N-ethyl adjacent to an activating group) is 1. The average molecular weight is 337 g/mol. The number of ether oxygens (including phenoxy) is 1. The quantitative estimate of drug-likeness (QED) is 0.893. The Hall–Kier alpha value is -1.08. The van der Waals surface area contributed by atoms with Crippen LogP contribution in [0.3, 0.4) is 0 Å². The van der Waals surface area contributed by atoms with Crippen molar-refractivity contribution in [2.45, 2.75) is 37.1 Å². The van der Waals surface area contributed by atoms with E-state index in [-0.39, 0.29) is 17.6 Å². The molecule has 5 atom stereocenters. The molecule has 3 fully saturated rings. The van der Waals surface area contributed by atoms with E-state index >= 15 is 0 Å². The van der Waals surface area contributed by atoms with E-state index in [1.54, 1.807) is 0 Å². The van der Waals surface area contributed by atoms with Crippen LogP contribution in [0.2, 0.25) is 0 Å². The van der Waals surface area contributed by atoms with Crippen LogP contribution in [0.5, 0.6) is 0 Å². The highest BCUT2D eigenvalue weighted by molar-refractivity contribution is 5.23. The number of benzene rings is 1. The molecule has 0 amide bonds. The lowest BCUT2D eigenvalue weighted by Gasteiger charge is -2.41. The SMILES string of the molecule is CN1CC2CCN(C3COC(c4cc(F)ccc4F)C(N)C3)C2C1. The predicted molar refractivity (Wildman–Crippen MR) is 87.5 cm³/mol. The van der Waals surface area contributed by atoms with Crippen LogP contribution in [0, 0.1) is 17.6 Å². The number of nitrogens with two attached hydrogens (primary N) is 1. The zero-order chi connectivity index (χ0) is 16.8. The zero-order valence-corrected chi connectivity index (χ0v) is 14.0. The zero-order valence-electron chi connectivity index (χ0n) is 14.0. The molecule has 132 valence electrons. The summed E-state index contributed by atoms with van der Waals surface area (Å²) in [7, 11) is 2.17. The van der Waals surface area contributed by atoms with Crippen LogP contribution in [0.1, 0.15) is 24.5 Å². The van der Waals surface area contributed by atoms with Gasteiger partial charge in [0, 0.05) is 36.8 Å². The van der Waals surface area contributed by atoms with E-state index in [0.717, 1.165) is 44.1 Å². The van der Waals surface area contributed by atoms with Crippen molar-refractivity contribution in [3.05, 3.63) is 35.4 Å². The van der Waals surface area contributed by atoms with Crippen molar-refractivity contribution in [3.8, 4) is 0 Å². The number of halogens is 2. The summed E-state index contributed by atoms with van der Waals surface area (Å²) in [6.07, 6.45) is 1.41. The van der Waals surface area contributed by atoms with E-state index in [9.17, 15) is 8.78 Å². The van der Waals surface area contributed by atoms with Crippen molar-refractivity contribution >= 4 is 0 Å². The number of hydrogen-bond donors (Lipinski definition) is 1. The summed E-state index contributed by atoms with van der Waals surface area (Å²) in [4.78, 5) is 4.92. The lowest BCUT2D eigenvalue weighted by molar-refractivity contribution is -0.0549. The molecule has 1 aromatic carbocycles. The maximum atomic E-state index is 14.0. The Kier molecular flexibility index (Phi) is 4.33. The molecule has 1 aromatic rings. The fourth-order valence-corrected chi connectivity index (χ4v) is 4.79. The maximum absolute atomic E-state index is 14.0. The fourth-order valence-electron chi connectivity index (χ4n) is 4.79. The van der Waals surface area contributed by atoms with Crippen LogP contribution in [0.15, 0.2) is 18.2 Å². The van der Waals surface area contributed by atoms with Crippen molar-refractivity contribution in [2.24, 2.45) is 11.7 Å². The van der Waals surface area contributed by atoms with Gasteiger partial charge in [-0.05, 0) is 50.6 Å². The van der Waals surface area contributed by atoms with Gasteiger partial charge >= 0.3 is 0 Å². The Morgan fingerprint density at radius 2 is 2.08 bits per heavy atom. The average Bonchev–Trinajstić information content (AvgIpc) is 3.08. The van der Waals surface area contributed by atoms with Crippen LogP contribution in [-0.2, 0) is 4.74 Å². The molecule has 0 aromatic heterocycles. The first kappa shape index (κ1) is 16.4. The van der Waals surface area contributed by atoms with Crippen LogP contribution in [-0.4, -0.2) is 61.2 Å². The first-order valence-corrected chi connectivity index (χ1v) is 8.79. The van der Waals surface area contributed by atoms with Crippen molar-refractivity contribution in [2.75, 3.05) is 33.3 Å². The summed E-state index contributed by atoms with van der Waals surface area (Å²) in [5.41, 5.74) is 6.54. The molecule has 4 rings (SSSR count). The molecule has 0 radical (unpaired) electrons. The Balaban J connectivity index is 1.46. The summed E-state index contributed by atoms with van der Waals surface area (Å²) in [6, 6.07) is 4.01. The van der Waals surface area contributed by atoms with Gasteiger partial charge in [0.15, 0.2) is 0 Å². The van der Waals surface area contributed by atoms with Crippen molar-refractivity contribution < 1.29 is 13.5 Å². The lowest BCUT2D eigenvalue weighted by atomic mass is 9.92. The van der Waals surface area contributed by atoms with Crippen molar-refractivity contribution in [3.63, 3.8) is 0 Å². The molecule has 6 heteroatoms. The molecule has 3 heterocycles. The van der Waals surface area contributed by atoms with Crippen LogP contribution in [0.25, 0.3) is 0 Å². The molecule has 3 aliphatic rings. The largest absolute Gasteiger partial charge is 0.370 e. The third-order valence-electron chi connectivity index (χ3n) is 5.91. The van der Waals surface area contributed by atoms with E-state index in [4.69, 9.17) is 10.5 Å². The number of nitrogens with zero attached hydrogens (tertiary/aromatic N) is 2. The van der Waals surface area contributed by atoms with Crippen LogP contribution >= 0.6 is 0 Å². The van der Waals surface area contributed by atoms with Crippen LogP contribution in [0.4, 0.5) is 8.78 Å². The number of hydrogen-bond acceptors (Lipinski definition) is 4. The Morgan fingerprint density at radius 1 is 1.25 bits per heavy atom. The Labute approximate surface area is 141 Å². The Morgan fingerprint density at radius 3 is 2.88 bits per heavy atom. The molecule has 24 heavy (non-hydrogen) atoms. The highest BCUT2D eigenvalue weighted by Crippen LogP contribution is 2.37. The van der Waals surface area contributed by atoms with E-state index in [2.05, 4.69) is 16.8 Å². The molecule has 0 spiro atoms. The summed E-state index contributed by atoms with van der Waals surface area (Å²) in [5, 5.41) is 0. The first-order valence-electron chi connectivity index (χ1n) is 8.79. The highest BCUT2D eigenvalue weighted by atomic mass is 19.1. The van der Waals surface area contributed by atoms with E-state index in [1.807, 2.05) is 0 Å². The molecular formula is C18H25F2N3O. The van der Waals surface area contributed by atoms with Crippen LogP contribution < -0.4 is 5.73 Å². The summed E-state index contributed by atoms with van der Waals surface area (Å²) in [5.74, 6) is -0.167. The summed E-state index contributed by atoms with van der Waals surface area (Å²) in [6.45, 7) is 3.88. The number of rotatable bonds is 2. The van der Waals surface area contributed by atoms with E-state index in [1.165, 1.54) is 12.5 Å². The van der Waals surface area contributed by atoms with Gasteiger partial charge in [-0.3, -0.25) is 4.90 Å². The second-order valence-electron chi connectivity index (χ2n) is 7.55. The molecule has 0 bridgehead atoms. The molecule has 4 nitrogen and oxygen atoms in total. The van der Waals surface area contributed by atoms with E-state index in [0.29, 0.717) is 12.6 Å². The molecule has 3 aliphatic heterocycles. The molecule has 0 saturated carbocycles. The van der Waals surface area contributed by atoms with Crippen molar-refractivity contribution in [1.82, 2.24) is 9.80 Å². The first-order chi connectivity index (χ1) is 11.5. The van der Waals surface area contributed by atoms with E-state index < -0.39 is 17.7 Å². The Bertz CT molecular complexity index is 614. The molecule has 0 aliphatic carbocycles. The van der Waals surface area contributed by atoms with Gasteiger partial charge in [-0.15, -0.1) is 0 Å². The second kappa shape index (κ2) is 6.33. The van der Waals surface area contributed by atoms with Gasteiger partial charge in [0.2, 0.25) is 0 Å². The van der Waals surface area contributed by atoms with Crippen molar-refractivity contribution in [1.29, 1.82) is 0 Å². The summed E-state index contributed by atoms with van der Waals surface area (Å²) >= 11 is 0. The monoisotopic (exact) mass is 337 g/mol. The third kappa shape index (κ3) is 2.86. The fraction of sp³-hybridized carbons (Fsp3) is 0.667. The molecular weight excluding hydrogens is 312 g/mol. The minimum atomic E-state index is -0.568.